The van der Waals surface area contributed by atoms with Gasteiger partial charge >= 0.3 is 0 Å². The Kier molecular flexibility index (Phi) is 1.04. The van der Waals surface area contributed by atoms with Crippen molar-refractivity contribution in [1.82, 2.24) is 20.4 Å². The zero-order valence-electron chi connectivity index (χ0n) is 5.02. The minimum Gasteiger partial charge on any atom is -0.158 e. The van der Waals surface area contributed by atoms with Crippen LogP contribution < -0.4 is 0 Å². The van der Waals surface area contributed by atoms with E-state index >= 15 is 0 Å². The van der Waals surface area contributed by atoms with Crippen LogP contribution >= 0.6 is 0 Å². The van der Waals surface area contributed by atoms with E-state index in [2.05, 4.69) is 26.6 Å². The standard InChI is InChI=1S/C6H3N4/c1-3-7-10-6-2-4-8-9-5(1)6/h1-3H. The molecular formula is C6H3N4. The third-order valence-electron chi connectivity index (χ3n) is 1.14. The zero-order valence-corrected chi connectivity index (χ0v) is 5.02. The highest BCUT2D eigenvalue weighted by Gasteiger charge is 1.91. The number of nitrogens with zero attached hydrogens (tertiary/aromatic N) is 4. The molecule has 0 atom stereocenters. The van der Waals surface area contributed by atoms with E-state index in [0.29, 0.717) is 0 Å². The van der Waals surface area contributed by atoms with Crippen LogP contribution in [0.15, 0.2) is 18.3 Å². The first kappa shape index (κ1) is 5.22. The fourth-order valence-electron chi connectivity index (χ4n) is 0.696. The molecule has 0 bridgehead atoms. The van der Waals surface area contributed by atoms with Crippen molar-refractivity contribution in [2.75, 3.05) is 0 Å². The summed E-state index contributed by atoms with van der Waals surface area (Å²) < 4.78 is 0. The Bertz CT molecular complexity index is 281. The molecule has 4 nitrogen and oxygen atoms in total. The fraction of sp³-hybridized carbons (Fsp3) is 0. The van der Waals surface area contributed by atoms with Crippen LogP contribution in [0.25, 0.3) is 11.0 Å². The van der Waals surface area contributed by atoms with Gasteiger partial charge < -0.3 is 0 Å². The van der Waals surface area contributed by atoms with E-state index in [1.807, 2.05) is 0 Å². The lowest BCUT2D eigenvalue weighted by Gasteiger charge is -1.87. The van der Waals surface area contributed by atoms with Gasteiger partial charge in [0.05, 0.1) is 6.20 Å². The third kappa shape index (κ3) is 0.699. The predicted octanol–water partition coefficient (Wildman–Crippen LogP) is 0.220. The lowest BCUT2D eigenvalue weighted by Crippen LogP contribution is -1.86. The topological polar surface area (TPSA) is 51.6 Å². The summed E-state index contributed by atoms with van der Waals surface area (Å²) in [7, 11) is 0. The Morgan fingerprint density at radius 2 is 2.20 bits per heavy atom. The number of hydrogen-bond acceptors (Lipinski definition) is 4. The Morgan fingerprint density at radius 3 is 3.10 bits per heavy atom. The summed E-state index contributed by atoms with van der Waals surface area (Å²) in [6.07, 6.45) is 4.15. The van der Waals surface area contributed by atoms with E-state index in [1.165, 1.54) is 0 Å². The van der Waals surface area contributed by atoms with Gasteiger partial charge in [-0.3, -0.25) is 0 Å². The molecule has 0 fully saturated rings. The first-order valence-corrected chi connectivity index (χ1v) is 2.78. The normalized spacial score (nSPS) is 10.0. The van der Waals surface area contributed by atoms with Gasteiger partial charge in [-0.05, 0) is 12.1 Å². The number of fused-ring (bicyclic) bond motifs is 1. The van der Waals surface area contributed by atoms with Gasteiger partial charge in [-0.25, -0.2) is 0 Å². The summed E-state index contributed by atoms with van der Waals surface area (Å²) in [4.78, 5) is 0. The van der Waals surface area contributed by atoms with Crippen LogP contribution in [0.4, 0.5) is 0 Å². The maximum absolute atomic E-state index is 3.80. The van der Waals surface area contributed by atoms with E-state index < -0.39 is 0 Å². The van der Waals surface area contributed by atoms with Gasteiger partial charge in [-0.15, -0.1) is 15.3 Å². The Hall–Kier alpha value is -1.58. The molecule has 0 aliphatic rings. The Morgan fingerprint density at radius 1 is 1.20 bits per heavy atom. The van der Waals surface area contributed by atoms with Crippen molar-refractivity contribution < 1.29 is 0 Å². The molecular weight excluding hydrogens is 128 g/mol. The van der Waals surface area contributed by atoms with E-state index in [0.717, 1.165) is 11.0 Å². The molecule has 10 heavy (non-hydrogen) atoms. The van der Waals surface area contributed by atoms with Crippen LogP contribution in [-0.2, 0) is 0 Å². The molecule has 0 unspecified atom stereocenters. The minimum absolute atomic E-state index is 0.720. The number of rotatable bonds is 0. The highest BCUT2D eigenvalue weighted by atomic mass is 15.1. The number of hydrogen-bond donors (Lipinski definition) is 0. The second-order valence-electron chi connectivity index (χ2n) is 1.78. The van der Waals surface area contributed by atoms with Gasteiger partial charge in [0.1, 0.15) is 17.2 Å². The molecule has 0 amide bonds. The zero-order chi connectivity index (χ0) is 6.81. The van der Waals surface area contributed by atoms with Gasteiger partial charge in [-0.1, -0.05) is 0 Å². The summed E-state index contributed by atoms with van der Waals surface area (Å²) in [5.74, 6) is 0. The van der Waals surface area contributed by atoms with Crippen molar-refractivity contribution in [1.29, 1.82) is 0 Å². The van der Waals surface area contributed by atoms with E-state index in [4.69, 9.17) is 0 Å². The highest BCUT2D eigenvalue weighted by Crippen LogP contribution is 2.00. The van der Waals surface area contributed by atoms with Crippen LogP contribution in [0.1, 0.15) is 0 Å². The summed E-state index contributed by atoms with van der Waals surface area (Å²) in [5.41, 5.74) is 1.46. The smallest absolute Gasteiger partial charge is 0.116 e. The molecule has 1 radical (unpaired) electrons. The molecule has 0 aliphatic carbocycles. The summed E-state index contributed by atoms with van der Waals surface area (Å²) in [6.45, 7) is 0. The molecule has 2 heterocycles. The molecule has 0 spiro atoms. The molecule has 47 valence electrons. The average Bonchev–Trinajstić information content (AvgIpc) is 2.05. The van der Waals surface area contributed by atoms with Crippen LogP contribution in [0.2, 0.25) is 0 Å². The van der Waals surface area contributed by atoms with Crippen molar-refractivity contribution in [3.8, 4) is 0 Å². The van der Waals surface area contributed by atoms with Crippen LogP contribution in [0.3, 0.4) is 0 Å². The molecule has 0 N–H and O–H groups in total. The van der Waals surface area contributed by atoms with Gasteiger partial charge in [0.2, 0.25) is 0 Å². The molecule has 2 aromatic rings. The van der Waals surface area contributed by atoms with Gasteiger partial charge in [0, 0.05) is 0 Å². The summed E-state index contributed by atoms with van der Waals surface area (Å²) in [5, 5.41) is 14.8. The largest absolute Gasteiger partial charge is 0.158 e. The van der Waals surface area contributed by atoms with E-state index in [1.54, 1.807) is 18.3 Å². The van der Waals surface area contributed by atoms with E-state index in [9.17, 15) is 0 Å². The van der Waals surface area contributed by atoms with Crippen LogP contribution in [0, 0.1) is 6.20 Å². The molecule has 2 rings (SSSR count). The second-order valence-corrected chi connectivity index (χ2v) is 1.78. The molecule has 0 aliphatic heterocycles. The van der Waals surface area contributed by atoms with Gasteiger partial charge in [-0.2, -0.15) is 5.10 Å². The van der Waals surface area contributed by atoms with Crippen molar-refractivity contribution in [3.05, 3.63) is 24.5 Å². The monoisotopic (exact) mass is 131 g/mol. The Labute approximate surface area is 56.9 Å². The number of aromatic nitrogens is 4. The fourth-order valence-corrected chi connectivity index (χ4v) is 0.696. The first-order chi connectivity index (χ1) is 4.97. The molecule has 0 saturated carbocycles. The molecule has 2 aromatic heterocycles. The minimum atomic E-state index is 0.720. The molecule has 4 heteroatoms. The Balaban J connectivity index is 2.89. The van der Waals surface area contributed by atoms with E-state index in [-0.39, 0.29) is 0 Å². The van der Waals surface area contributed by atoms with Crippen molar-refractivity contribution in [3.63, 3.8) is 0 Å². The van der Waals surface area contributed by atoms with Crippen molar-refractivity contribution in [2.24, 2.45) is 0 Å². The van der Waals surface area contributed by atoms with Crippen molar-refractivity contribution >= 4 is 11.0 Å². The summed E-state index contributed by atoms with van der Waals surface area (Å²) in [6, 6.07) is 3.40. The quantitative estimate of drug-likeness (QED) is 0.513. The third-order valence-corrected chi connectivity index (χ3v) is 1.14. The SMILES string of the molecule is [c]1cc2nnccc2nn1. The first-order valence-electron chi connectivity index (χ1n) is 2.78. The highest BCUT2D eigenvalue weighted by molar-refractivity contribution is 5.71. The van der Waals surface area contributed by atoms with Gasteiger partial charge in [0.15, 0.2) is 0 Å². The van der Waals surface area contributed by atoms with Crippen LogP contribution in [0.5, 0.6) is 0 Å². The second kappa shape index (κ2) is 1.98. The molecule has 0 saturated heterocycles. The van der Waals surface area contributed by atoms with Gasteiger partial charge in [0.25, 0.3) is 0 Å². The average molecular weight is 131 g/mol. The van der Waals surface area contributed by atoms with Crippen molar-refractivity contribution in [2.45, 2.75) is 0 Å². The molecule has 0 aromatic carbocycles. The maximum Gasteiger partial charge on any atom is 0.116 e. The maximum atomic E-state index is 3.80. The lowest BCUT2D eigenvalue weighted by atomic mass is 10.4. The summed E-state index contributed by atoms with van der Waals surface area (Å²) >= 11 is 0. The van der Waals surface area contributed by atoms with Crippen LogP contribution in [-0.4, -0.2) is 20.4 Å². The predicted molar refractivity (Wildman–Crippen MR) is 34.0 cm³/mol. The lowest BCUT2D eigenvalue weighted by molar-refractivity contribution is 1.02.